The number of methoxy groups -OCH3 is 1. The third kappa shape index (κ3) is 3.67. The van der Waals surface area contributed by atoms with Crippen LogP contribution in [-0.2, 0) is 11.0 Å². The van der Waals surface area contributed by atoms with E-state index in [0.29, 0.717) is 29.2 Å². The summed E-state index contributed by atoms with van der Waals surface area (Å²) in [7, 11) is 1.49. The molecule has 1 aliphatic carbocycles. The Morgan fingerprint density at radius 2 is 1.82 bits per heavy atom. The van der Waals surface area contributed by atoms with E-state index in [4.69, 9.17) is 9.47 Å². The lowest BCUT2D eigenvalue weighted by atomic mass is 9.70. The zero-order chi connectivity index (χ0) is 24.3. The van der Waals surface area contributed by atoms with Gasteiger partial charge in [0.1, 0.15) is 11.5 Å². The van der Waals surface area contributed by atoms with E-state index < -0.39 is 17.8 Å². The molecule has 1 aliphatic heterocycles. The zero-order valence-corrected chi connectivity index (χ0v) is 18.9. The van der Waals surface area contributed by atoms with Crippen molar-refractivity contribution < 1.29 is 27.4 Å². The summed E-state index contributed by atoms with van der Waals surface area (Å²) in [6.45, 7) is 3.90. The first kappa shape index (κ1) is 22.3. The molecule has 0 fully saturated rings. The Kier molecular flexibility index (Phi) is 5.07. The van der Waals surface area contributed by atoms with Crippen LogP contribution < -0.4 is 9.47 Å². The second-order valence-electron chi connectivity index (χ2n) is 9.40. The van der Waals surface area contributed by atoms with Crippen molar-refractivity contribution in [2.75, 3.05) is 7.11 Å². The van der Waals surface area contributed by atoms with Crippen LogP contribution in [0.25, 0.3) is 5.69 Å². The van der Waals surface area contributed by atoms with Gasteiger partial charge in [-0.15, -0.1) is 0 Å². The van der Waals surface area contributed by atoms with Crippen LogP contribution in [0, 0.1) is 5.41 Å². The van der Waals surface area contributed by atoms with Gasteiger partial charge >= 0.3 is 6.18 Å². The predicted octanol–water partition coefficient (Wildman–Crippen LogP) is 6.07. The molecule has 5 rings (SSSR count). The number of carbonyl (C=O) groups is 1. The molecule has 176 valence electrons. The van der Waals surface area contributed by atoms with E-state index in [1.807, 2.05) is 13.8 Å². The summed E-state index contributed by atoms with van der Waals surface area (Å²) in [6, 6.07) is 15.3. The molecule has 0 saturated heterocycles. The summed E-state index contributed by atoms with van der Waals surface area (Å²) >= 11 is 0. The highest BCUT2D eigenvalue weighted by Crippen LogP contribution is 2.53. The highest BCUT2D eigenvalue weighted by molar-refractivity contribution is 6.00. The summed E-state index contributed by atoms with van der Waals surface area (Å²) < 4.78 is 55.6. The molecule has 1 aromatic heterocycles. The molecule has 1 unspecified atom stereocenters. The largest absolute Gasteiger partial charge is 0.497 e. The summed E-state index contributed by atoms with van der Waals surface area (Å²) in [5.74, 6) is -0.333. The quantitative estimate of drug-likeness (QED) is 0.468. The number of carbonyl (C=O) groups excluding carboxylic acids is 1. The van der Waals surface area contributed by atoms with Crippen molar-refractivity contribution >= 4 is 5.78 Å². The van der Waals surface area contributed by atoms with E-state index in [1.165, 1.54) is 11.8 Å². The Hall–Kier alpha value is -3.55. The van der Waals surface area contributed by atoms with Gasteiger partial charge in [0.25, 0.3) is 0 Å². The fourth-order valence-corrected chi connectivity index (χ4v) is 4.83. The topological polar surface area (TPSA) is 53.4 Å². The number of nitrogens with zero attached hydrogens (tertiary/aromatic N) is 2. The van der Waals surface area contributed by atoms with Crippen molar-refractivity contribution in [1.82, 2.24) is 9.78 Å². The number of ketones is 1. The predicted molar refractivity (Wildman–Crippen MR) is 119 cm³/mol. The maximum atomic E-state index is 14.3. The number of alkyl halides is 3. The maximum Gasteiger partial charge on any atom is 0.435 e. The Labute approximate surface area is 194 Å². The van der Waals surface area contributed by atoms with Crippen molar-refractivity contribution in [1.29, 1.82) is 0 Å². The van der Waals surface area contributed by atoms with E-state index in [-0.39, 0.29) is 34.6 Å². The maximum absolute atomic E-state index is 14.3. The lowest BCUT2D eigenvalue weighted by molar-refractivity contribution is -0.142. The summed E-state index contributed by atoms with van der Waals surface area (Å²) in [5.41, 5.74) is -0.388. The summed E-state index contributed by atoms with van der Waals surface area (Å²) in [4.78, 5) is 13.4. The van der Waals surface area contributed by atoms with E-state index in [2.05, 4.69) is 5.10 Å². The fourth-order valence-electron chi connectivity index (χ4n) is 4.83. The smallest absolute Gasteiger partial charge is 0.435 e. The number of para-hydroxylation sites is 1. The van der Waals surface area contributed by atoms with E-state index in [9.17, 15) is 18.0 Å². The molecule has 2 heterocycles. The second kappa shape index (κ2) is 7.75. The SMILES string of the molecule is COc1cccc(C2C3=C(CC(C)(C)CC3=O)Oc3c2c(C(F)(F)F)nn3-c2ccccc2)c1. The molecule has 0 spiro atoms. The molecule has 0 N–H and O–H groups in total. The minimum atomic E-state index is -4.75. The van der Waals surface area contributed by atoms with Gasteiger partial charge in [-0.2, -0.15) is 23.0 Å². The lowest BCUT2D eigenvalue weighted by Crippen LogP contribution is -2.33. The number of hydrogen-bond donors (Lipinski definition) is 0. The van der Waals surface area contributed by atoms with Crippen LogP contribution in [0.1, 0.15) is 49.4 Å². The van der Waals surface area contributed by atoms with Crippen LogP contribution in [0.2, 0.25) is 0 Å². The Balaban J connectivity index is 1.83. The molecule has 1 atom stereocenters. The van der Waals surface area contributed by atoms with Crippen LogP contribution >= 0.6 is 0 Å². The highest BCUT2D eigenvalue weighted by Gasteiger charge is 2.49. The van der Waals surface area contributed by atoms with E-state index >= 15 is 0 Å². The molecule has 34 heavy (non-hydrogen) atoms. The Morgan fingerprint density at radius 1 is 1.09 bits per heavy atom. The normalized spacial score (nSPS) is 19.4. The molecule has 2 aromatic carbocycles. The van der Waals surface area contributed by atoms with Crippen molar-refractivity contribution in [2.24, 2.45) is 5.41 Å². The number of rotatable bonds is 3. The van der Waals surface area contributed by atoms with Crippen molar-refractivity contribution in [3.63, 3.8) is 0 Å². The minimum Gasteiger partial charge on any atom is -0.497 e. The van der Waals surface area contributed by atoms with E-state index in [1.54, 1.807) is 54.6 Å². The molecular formula is C26H23F3N2O3. The third-order valence-corrected chi connectivity index (χ3v) is 6.25. The number of halogens is 3. The number of Topliss-reactive ketones (excluding diaryl/α,β-unsaturated/α-hetero) is 1. The molecule has 2 aliphatic rings. The van der Waals surface area contributed by atoms with Crippen LogP contribution in [0.4, 0.5) is 13.2 Å². The number of allylic oxidation sites excluding steroid dienone is 2. The van der Waals surface area contributed by atoms with Gasteiger partial charge in [0, 0.05) is 24.3 Å². The van der Waals surface area contributed by atoms with Gasteiger partial charge in [0.15, 0.2) is 11.5 Å². The number of benzene rings is 2. The molecule has 0 bridgehead atoms. The lowest BCUT2D eigenvalue weighted by Gasteiger charge is -2.37. The zero-order valence-electron chi connectivity index (χ0n) is 18.9. The van der Waals surface area contributed by atoms with E-state index in [0.717, 1.165) is 0 Å². The third-order valence-electron chi connectivity index (χ3n) is 6.25. The highest BCUT2D eigenvalue weighted by atomic mass is 19.4. The monoisotopic (exact) mass is 468 g/mol. The summed E-state index contributed by atoms with van der Waals surface area (Å²) in [5, 5.41) is 3.97. The van der Waals surface area contributed by atoms with Gasteiger partial charge in [0.2, 0.25) is 5.88 Å². The van der Waals surface area contributed by atoms with Gasteiger partial charge in [-0.25, -0.2) is 0 Å². The van der Waals surface area contributed by atoms with Crippen LogP contribution in [0.3, 0.4) is 0 Å². The van der Waals surface area contributed by atoms with Crippen LogP contribution in [-0.4, -0.2) is 22.7 Å². The van der Waals surface area contributed by atoms with Gasteiger partial charge in [-0.1, -0.05) is 44.2 Å². The first-order valence-electron chi connectivity index (χ1n) is 10.9. The average molecular weight is 468 g/mol. The number of aromatic nitrogens is 2. The van der Waals surface area contributed by atoms with Gasteiger partial charge in [-0.05, 0) is 35.2 Å². The molecule has 0 amide bonds. The van der Waals surface area contributed by atoms with Crippen molar-refractivity contribution in [2.45, 2.75) is 38.8 Å². The first-order chi connectivity index (χ1) is 16.1. The minimum absolute atomic E-state index is 0.0180. The summed E-state index contributed by atoms with van der Waals surface area (Å²) in [6.07, 6.45) is -4.10. The number of hydrogen-bond acceptors (Lipinski definition) is 4. The molecule has 3 aromatic rings. The van der Waals surface area contributed by atoms with Crippen molar-refractivity contribution in [3.8, 4) is 17.3 Å². The Bertz CT molecular complexity index is 1310. The number of ether oxygens (including phenoxy) is 2. The Morgan fingerprint density at radius 3 is 2.50 bits per heavy atom. The van der Waals surface area contributed by atoms with Gasteiger partial charge < -0.3 is 9.47 Å². The average Bonchev–Trinajstić information content (AvgIpc) is 3.17. The van der Waals surface area contributed by atoms with Gasteiger partial charge in [0.05, 0.1) is 18.4 Å². The first-order valence-corrected chi connectivity index (χ1v) is 10.9. The molecule has 0 saturated carbocycles. The van der Waals surface area contributed by atoms with Crippen molar-refractivity contribution in [3.05, 3.63) is 82.8 Å². The second-order valence-corrected chi connectivity index (χ2v) is 9.40. The fraction of sp³-hybridized carbons (Fsp3) is 0.308. The number of fused-ring (bicyclic) bond motifs is 1. The van der Waals surface area contributed by atoms with Crippen LogP contribution in [0.15, 0.2) is 65.9 Å². The molecular weight excluding hydrogens is 445 g/mol. The standard InChI is InChI=1S/C26H23F3N2O3/c1-25(2)13-18(32)21-19(14-25)34-24-22(20(21)15-8-7-11-17(12-15)33-3)23(26(27,28)29)30-31(24)16-9-5-4-6-10-16/h4-12,20H,13-14H2,1-3H3. The molecule has 5 nitrogen and oxygen atoms in total. The molecule has 0 radical (unpaired) electrons. The van der Waals surface area contributed by atoms with Gasteiger partial charge in [-0.3, -0.25) is 4.79 Å². The van der Waals surface area contributed by atoms with Crippen LogP contribution in [0.5, 0.6) is 11.6 Å². The molecule has 8 heteroatoms.